The SMILES string of the molecule is CN1[C@H]2C=C3C(C#N)=C(N)C(C#N)(C#N)[C@H](c4c(F)cccc4F)[C@H]3[C@@H]1CC2. The van der Waals surface area contributed by atoms with E-state index in [0.717, 1.165) is 25.0 Å². The van der Waals surface area contributed by atoms with Gasteiger partial charge < -0.3 is 5.73 Å². The highest BCUT2D eigenvalue weighted by Gasteiger charge is 2.59. The number of allylic oxidation sites excluding steroid dienone is 2. The molecule has 4 atom stereocenters. The number of halogens is 2. The van der Waals surface area contributed by atoms with Crippen molar-refractivity contribution in [2.75, 3.05) is 7.05 Å². The highest BCUT2D eigenvalue weighted by atomic mass is 19.1. The van der Waals surface area contributed by atoms with Crippen molar-refractivity contribution in [1.29, 1.82) is 15.8 Å². The fourth-order valence-electron chi connectivity index (χ4n) is 5.21. The number of hydrogen-bond donors (Lipinski definition) is 1. The van der Waals surface area contributed by atoms with E-state index in [4.69, 9.17) is 5.73 Å². The van der Waals surface area contributed by atoms with Gasteiger partial charge in [0.05, 0.1) is 23.4 Å². The van der Waals surface area contributed by atoms with E-state index in [0.29, 0.717) is 5.57 Å². The van der Waals surface area contributed by atoms with Crippen molar-refractivity contribution in [2.24, 2.45) is 17.1 Å². The third-order valence-corrected chi connectivity index (χ3v) is 6.53. The molecule has 0 spiro atoms. The molecule has 2 heterocycles. The first-order valence-corrected chi connectivity index (χ1v) is 9.02. The molecule has 1 aromatic carbocycles. The second kappa shape index (κ2) is 6.16. The molecule has 1 aliphatic carbocycles. The zero-order chi connectivity index (χ0) is 20.2. The Bertz CT molecular complexity index is 1020. The van der Waals surface area contributed by atoms with Crippen molar-refractivity contribution in [2.45, 2.75) is 30.8 Å². The van der Waals surface area contributed by atoms with Gasteiger partial charge in [-0.1, -0.05) is 12.1 Å². The van der Waals surface area contributed by atoms with E-state index in [9.17, 15) is 24.6 Å². The normalized spacial score (nSPS) is 30.6. The van der Waals surface area contributed by atoms with E-state index in [1.807, 2.05) is 31.3 Å². The van der Waals surface area contributed by atoms with Crippen LogP contribution in [0.3, 0.4) is 0 Å². The van der Waals surface area contributed by atoms with Crippen molar-refractivity contribution in [3.63, 3.8) is 0 Å². The fraction of sp³-hybridized carbons (Fsp3) is 0.381. The number of nitrogens with zero attached hydrogens (tertiary/aromatic N) is 4. The largest absolute Gasteiger partial charge is 0.399 e. The topological polar surface area (TPSA) is 101 Å². The third-order valence-electron chi connectivity index (χ3n) is 6.53. The minimum atomic E-state index is -2.04. The van der Waals surface area contributed by atoms with E-state index >= 15 is 0 Å². The number of fused-ring (bicyclic) bond motifs is 4. The average molecular weight is 377 g/mol. The molecule has 1 fully saturated rings. The van der Waals surface area contributed by atoms with Crippen LogP contribution in [0.15, 0.2) is 41.1 Å². The Labute approximate surface area is 161 Å². The average Bonchev–Trinajstić information content (AvgIpc) is 2.91. The zero-order valence-corrected chi connectivity index (χ0v) is 15.2. The Hall–Kier alpha value is -3.21. The second-order valence-electron chi connectivity index (χ2n) is 7.57. The monoisotopic (exact) mass is 377 g/mol. The van der Waals surface area contributed by atoms with Gasteiger partial charge in [0, 0.05) is 29.5 Å². The molecule has 2 aliphatic heterocycles. The number of nitrogens with two attached hydrogens (primary N) is 1. The minimum absolute atomic E-state index is 0.0890. The fourth-order valence-corrected chi connectivity index (χ4v) is 5.21. The van der Waals surface area contributed by atoms with Gasteiger partial charge in [0.1, 0.15) is 17.7 Å². The predicted molar refractivity (Wildman–Crippen MR) is 95.7 cm³/mol. The van der Waals surface area contributed by atoms with Crippen molar-refractivity contribution < 1.29 is 8.78 Å². The lowest BCUT2D eigenvalue weighted by atomic mass is 9.56. The summed E-state index contributed by atoms with van der Waals surface area (Å²) in [5, 5.41) is 29.7. The molecule has 1 saturated heterocycles. The number of nitriles is 3. The summed E-state index contributed by atoms with van der Waals surface area (Å²) < 4.78 is 29.7. The van der Waals surface area contributed by atoms with E-state index in [-0.39, 0.29) is 28.9 Å². The molecule has 0 unspecified atom stereocenters. The molecule has 0 amide bonds. The van der Waals surface area contributed by atoms with Gasteiger partial charge in [-0.3, -0.25) is 4.90 Å². The molecule has 0 saturated carbocycles. The molecule has 140 valence electrons. The Morgan fingerprint density at radius 2 is 1.79 bits per heavy atom. The van der Waals surface area contributed by atoms with Gasteiger partial charge in [0.15, 0.2) is 5.41 Å². The number of hydrogen-bond acceptors (Lipinski definition) is 5. The molecule has 4 rings (SSSR count). The van der Waals surface area contributed by atoms with Crippen LogP contribution in [0.25, 0.3) is 0 Å². The lowest BCUT2D eigenvalue weighted by Crippen LogP contribution is -2.51. The highest BCUT2D eigenvalue weighted by molar-refractivity contribution is 5.60. The first-order valence-electron chi connectivity index (χ1n) is 9.02. The summed E-state index contributed by atoms with van der Waals surface area (Å²) >= 11 is 0. The maximum absolute atomic E-state index is 14.8. The second-order valence-corrected chi connectivity index (χ2v) is 7.57. The summed E-state index contributed by atoms with van der Waals surface area (Å²) in [6.07, 6.45) is 3.48. The molecule has 28 heavy (non-hydrogen) atoms. The zero-order valence-electron chi connectivity index (χ0n) is 15.2. The quantitative estimate of drug-likeness (QED) is 0.811. The summed E-state index contributed by atoms with van der Waals surface area (Å²) in [6, 6.07) is 9.29. The van der Waals surface area contributed by atoms with Gasteiger partial charge in [0.2, 0.25) is 0 Å². The van der Waals surface area contributed by atoms with Gasteiger partial charge in [-0.15, -0.1) is 0 Å². The summed E-state index contributed by atoms with van der Waals surface area (Å²) in [7, 11) is 1.92. The molecule has 5 nitrogen and oxygen atoms in total. The molecule has 0 radical (unpaired) electrons. The van der Waals surface area contributed by atoms with Gasteiger partial charge in [-0.25, -0.2) is 8.78 Å². The maximum Gasteiger partial charge on any atom is 0.191 e. The first-order chi connectivity index (χ1) is 13.4. The number of likely N-dealkylation sites (N-methyl/N-ethyl adjacent to an activating group) is 1. The van der Waals surface area contributed by atoms with Crippen molar-refractivity contribution in [3.05, 3.63) is 58.3 Å². The summed E-state index contributed by atoms with van der Waals surface area (Å²) in [5.41, 5.74) is 4.29. The number of rotatable bonds is 1. The smallest absolute Gasteiger partial charge is 0.191 e. The maximum atomic E-state index is 14.8. The highest BCUT2D eigenvalue weighted by Crippen LogP contribution is 2.58. The van der Waals surface area contributed by atoms with Crippen LogP contribution in [-0.2, 0) is 0 Å². The summed E-state index contributed by atoms with van der Waals surface area (Å²) in [4.78, 5) is 2.09. The van der Waals surface area contributed by atoms with Crippen LogP contribution in [-0.4, -0.2) is 24.0 Å². The van der Waals surface area contributed by atoms with E-state index < -0.39 is 28.9 Å². The lowest BCUT2D eigenvalue weighted by molar-refractivity contribution is 0.157. The Morgan fingerprint density at radius 1 is 1.14 bits per heavy atom. The van der Waals surface area contributed by atoms with E-state index in [2.05, 4.69) is 4.90 Å². The molecular weight excluding hydrogens is 360 g/mol. The molecule has 2 bridgehead atoms. The molecule has 1 aromatic rings. The van der Waals surface area contributed by atoms with Crippen molar-refractivity contribution >= 4 is 0 Å². The number of benzene rings is 1. The molecule has 2 N–H and O–H groups in total. The van der Waals surface area contributed by atoms with Crippen molar-refractivity contribution in [3.8, 4) is 18.2 Å². The molecule has 0 aromatic heterocycles. The van der Waals surface area contributed by atoms with Crippen LogP contribution < -0.4 is 5.73 Å². The summed E-state index contributed by atoms with van der Waals surface area (Å²) in [5.74, 6) is -3.39. The molecular formula is C21H17F2N5. The molecule has 3 aliphatic rings. The summed E-state index contributed by atoms with van der Waals surface area (Å²) in [6.45, 7) is 0. The first kappa shape index (κ1) is 18.2. The van der Waals surface area contributed by atoms with Crippen LogP contribution in [0, 0.1) is 57.0 Å². The molecule has 7 heteroatoms. The standard InChI is InChI=1S/C21H17F2N5/c1-28-11-5-6-16(28)17-12(7-11)13(8-24)20(27)21(9-25,10-26)19(17)18-14(22)3-2-4-15(18)23/h2-4,7,11,16-17,19H,5-6,27H2,1H3/t11-,16+,17-,19+/m1/s1. The van der Waals surface area contributed by atoms with Crippen LogP contribution in [0.2, 0.25) is 0 Å². The van der Waals surface area contributed by atoms with Gasteiger partial charge in [-0.2, -0.15) is 15.8 Å². The van der Waals surface area contributed by atoms with E-state index in [1.54, 1.807) is 0 Å². The van der Waals surface area contributed by atoms with E-state index in [1.165, 1.54) is 6.07 Å². The van der Waals surface area contributed by atoms with Gasteiger partial charge in [0.25, 0.3) is 0 Å². The van der Waals surface area contributed by atoms with Gasteiger partial charge in [-0.05, 0) is 37.6 Å². The van der Waals surface area contributed by atoms with Crippen LogP contribution >= 0.6 is 0 Å². The Kier molecular flexibility index (Phi) is 4.00. The van der Waals surface area contributed by atoms with Gasteiger partial charge >= 0.3 is 0 Å². The Morgan fingerprint density at radius 3 is 2.36 bits per heavy atom. The third kappa shape index (κ3) is 2.10. The minimum Gasteiger partial charge on any atom is -0.399 e. The van der Waals surface area contributed by atoms with Crippen LogP contribution in [0.5, 0.6) is 0 Å². The van der Waals surface area contributed by atoms with Crippen molar-refractivity contribution in [1.82, 2.24) is 4.90 Å². The lowest BCUT2D eigenvalue weighted by Gasteiger charge is -2.48. The predicted octanol–water partition coefficient (Wildman–Crippen LogP) is 2.85. The Balaban J connectivity index is 2.11. The van der Waals surface area contributed by atoms with Crippen LogP contribution in [0.4, 0.5) is 8.78 Å². The van der Waals surface area contributed by atoms with Crippen LogP contribution in [0.1, 0.15) is 24.3 Å².